The lowest BCUT2D eigenvalue weighted by atomic mass is 9.97. The molecule has 3 heterocycles. The Hall–Kier alpha value is -7.86. The molecule has 0 saturated carbocycles. The molecule has 11 rings (SSSR count). The van der Waals surface area contributed by atoms with Gasteiger partial charge in [0.05, 0.1) is 62.1 Å². The molecule has 0 atom stereocenters. The van der Waals surface area contributed by atoms with Gasteiger partial charge in [-0.25, -0.2) is 0 Å². The van der Waals surface area contributed by atoms with Gasteiger partial charge >= 0.3 is 0 Å². The van der Waals surface area contributed by atoms with Crippen molar-refractivity contribution in [1.82, 2.24) is 13.7 Å². The first-order valence-electron chi connectivity index (χ1n) is 18.3. The number of nitriles is 2. The average Bonchev–Trinajstić information content (AvgIpc) is 3.88. The molecule has 0 aliphatic rings. The van der Waals surface area contributed by atoms with Gasteiger partial charge in [0.1, 0.15) is 0 Å². The molecule has 0 radical (unpaired) electrons. The van der Waals surface area contributed by atoms with Gasteiger partial charge in [-0.05, 0) is 84.9 Å². The van der Waals surface area contributed by atoms with Crippen molar-refractivity contribution in [2.75, 3.05) is 0 Å². The zero-order valence-electron chi connectivity index (χ0n) is 29.5. The fourth-order valence-corrected chi connectivity index (χ4v) is 8.77. The molecule has 5 heteroatoms. The second kappa shape index (κ2) is 11.8. The van der Waals surface area contributed by atoms with Crippen LogP contribution in [0.1, 0.15) is 11.1 Å². The van der Waals surface area contributed by atoms with Gasteiger partial charge in [-0.1, -0.05) is 91.0 Å². The molecule has 0 bridgehead atoms. The van der Waals surface area contributed by atoms with Gasteiger partial charge in [0.2, 0.25) is 0 Å². The third-order valence-electron chi connectivity index (χ3n) is 11.1. The van der Waals surface area contributed by atoms with Crippen LogP contribution in [0.3, 0.4) is 0 Å². The van der Waals surface area contributed by atoms with Crippen LogP contribution in [0.25, 0.3) is 93.6 Å². The van der Waals surface area contributed by atoms with E-state index in [9.17, 15) is 10.5 Å². The molecule has 0 N–H and O–H groups in total. The topological polar surface area (TPSA) is 62.4 Å². The van der Waals surface area contributed by atoms with Gasteiger partial charge in [-0.2, -0.15) is 10.5 Å². The lowest BCUT2D eigenvalue weighted by molar-refractivity contribution is 1.16. The molecule has 5 nitrogen and oxygen atoms in total. The van der Waals surface area contributed by atoms with Crippen LogP contribution < -0.4 is 0 Å². The van der Waals surface area contributed by atoms with E-state index in [4.69, 9.17) is 0 Å². The van der Waals surface area contributed by atoms with Crippen LogP contribution in [0.4, 0.5) is 0 Å². The standard InChI is InChI=1S/C50H29N5/c51-30-32-21-25-50-42(27-32)39-14-5-10-20-48(39)55(50)47-19-9-3-13-38(47)41-28-34(23-22-33(41)31-52)54-46-18-8-4-15-40(46)43-29-35(24-26-49(43)54)53-44-16-6-1-11-36(44)37-12-2-7-17-45(37)53/h1-29H. The predicted molar refractivity (Wildman–Crippen MR) is 224 cm³/mol. The summed E-state index contributed by atoms with van der Waals surface area (Å²) in [7, 11) is 0. The number of para-hydroxylation sites is 5. The normalized spacial score (nSPS) is 11.6. The van der Waals surface area contributed by atoms with Crippen molar-refractivity contribution in [1.29, 1.82) is 10.5 Å². The third-order valence-corrected chi connectivity index (χ3v) is 11.1. The molecular formula is C50H29N5. The Bertz CT molecular complexity index is 3420. The molecule has 55 heavy (non-hydrogen) atoms. The number of aromatic nitrogens is 3. The molecule has 11 aromatic rings. The van der Waals surface area contributed by atoms with Gasteiger partial charge < -0.3 is 13.7 Å². The van der Waals surface area contributed by atoms with Crippen molar-refractivity contribution in [3.63, 3.8) is 0 Å². The quantitative estimate of drug-likeness (QED) is 0.184. The van der Waals surface area contributed by atoms with Crippen molar-refractivity contribution in [2.24, 2.45) is 0 Å². The second-order valence-electron chi connectivity index (χ2n) is 14.0. The Morgan fingerprint density at radius 3 is 1.40 bits per heavy atom. The zero-order chi connectivity index (χ0) is 36.6. The van der Waals surface area contributed by atoms with Crippen LogP contribution in [0.2, 0.25) is 0 Å². The monoisotopic (exact) mass is 699 g/mol. The van der Waals surface area contributed by atoms with Gasteiger partial charge in [-0.3, -0.25) is 0 Å². The van der Waals surface area contributed by atoms with E-state index in [0.717, 1.165) is 71.8 Å². The van der Waals surface area contributed by atoms with Crippen molar-refractivity contribution >= 4 is 65.4 Å². The van der Waals surface area contributed by atoms with Crippen LogP contribution in [0.15, 0.2) is 176 Å². The first kappa shape index (κ1) is 30.7. The van der Waals surface area contributed by atoms with E-state index >= 15 is 0 Å². The highest BCUT2D eigenvalue weighted by atomic mass is 15.0. The Labute approximate surface area is 316 Å². The summed E-state index contributed by atoms with van der Waals surface area (Å²) in [4.78, 5) is 0. The average molecular weight is 700 g/mol. The minimum atomic E-state index is 0.596. The summed E-state index contributed by atoms with van der Waals surface area (Å²) in [6.45, 7) is 0. The highest BCUT2D eigenvalue weighted by Crippen LogP contribution is 2.40. The van der Waals surface area contributed by atoms with E-state index in [1.54, 1.807) is 0 Å². The Kier molecular flexibility index (Phi) is 6.61. The molecular weight excluding hydrogens is 671 g/mol. The van der Waals surface area contributed by atoms with E-state index in [2.05, 4.69) is 153 Å². The lowest BCUT2D eigenvalue weighted by Crippen LogP contribution is -2.00. The number of hydrogen-bond acceptors (Lipinski definition) is 2. The largest absolute Gasteiger partial charge is 0.309 e. The van der Waals surface area contributed by atoms with E-state index < -0.39 is 0 Å². The summed E-state index contributed by atoms with van der Waals surface area (Å²) in [5, 5.41) is 27.1. The SMILES string of the molecule is N#Cc1ccc2c(c1)c1ccccc1n2-c1ccccc1-c1cc(-n2c3ccccc3c3cc(-n4c5ccccc5c5ccccc54)ccc32)ccc1C#N. The highest BCUT2D eigenvalue weighted by molar-refractivity contribution is 6.13. The Balaban J connectivity index is 1.14. The highest BCUT2D eigenvalue weighted by Gasteiger charge is 2.20. The number of hydrogen-bond donors (Lipinski definition) is 0. The molecule has 8 aromatic carbocycles. The Morgan fingerprint density at radius 2 is 0.782 bits per heavy atom. The smallest absolute Gasteiger partial charge is 0.0998 e. The van der Waals surface area contributed by atoms with Gasteiger partial charge in [0.15, 0.2) is 0 Å². The molecule has 0 spiro atoms. The second-order valence-corrected chi connectivity index (χ2v) is 14.0. The predicted octanol–water partition coefficient (Wildman–Crippen LogP) is 12.4. The minimum Gasteiger partial charge on any atom is -0.309 e. The summed E-state index contributed by atoms with van der Waals surface area (Å²) in [5.41, 5.74) is 12.6. The number of benzene rings is 8. The van der Waals surface area contributed by atoms with Gasteiger partial charge in [-0.15, -0.1) is 0 Å². The van der Waals surface area contributed by atoms with Crippen molar-refractivity contribution in [3.05, 3.63) is 187 Å². The fourth-order valence-electron chi connectivity index (χ4n) is 8.77. The van der Waals surface area contributed by atoms with Crippen LogP contribution in [0, 0.1) is 22.7 Å². The number of rotatable bonds is 4. The summed E-state index contributed by atoms with van der Waals surface area (Å²) in [5.74, 6) is 0. The lowest BCUT2D eigenvalue weighted by Gasteiger charge is -2.17. The van der Waals surface area contributed by atoms with E-state index in [0.29, 0.717) is 11.1 Å². The van der Waals surface area contributed by atoms with E-state index in [1.165, 1.54) is 21.8 Å². The summed E-state index contributed by atoms with van der Waals surface area (Å²) in [6.07, 6.45) is 0. The molecule has 0 unspecified atom stereocenters. The molecule has 0 aliphatic carbocycles. The van der Waals surface area contributed by atoms with E-state index in [1.807, 2.05) is 48.5 Å². The van der Waals surface area contributed by atoms with Crippen molar-refractivity contribution < 1.29 is 0 Å². The third kappa shape index (κ3) is 4.45. The fraction of sp³-hybridized carbons (Fsp3) is 0. The van der Waals surface area contributed by atoms with Crippen LogP contribution in [-0.4, -0.2) is 13.7 Å². The van der Waals surface area contributed by atoms with Crippen molar-refractivity contribution in [3.8, 4) is 40.3 Å². The van der Waals surface area contributed by atoms with E-state index in [-0.39, 0.29) is 0 Å². The van der Waals surface area contributed by atoms with Crippen molar-refractivity contribution in [2.45, 2.75) is 0 Å². The maximum atomic E-state index is 10.5. The van der Waals surface area contributed by atoms with Crippen LogP contribution in [-0.2, 0) is 0 Å². The van der Waals surface area contributed by atoms with Gasteiger partial charge in [0.25, 0.3) is 0 Å². The maximum Gasteiger partial charge on any atom is 0.0998 e. The molecule has 0 amide bonds. The summed E-state index contributed by atoms with van der Waals surface area (Å²) in [6, 6.07) is 66.0. The molecule has 0 fully saturated rings. The minimum absolute atomic E-state index is 0.596. The van der Waals surface area contributed by atoms with Crippen LogP contribution >= 0.6 is 0 Å². The zero-order valence-corrected chi connectivity index (χ0v) is 29.5. The summed E-state index contributed by atoms with van der Waals surface area (Å²) < 4.78 is 6.94. The molecule has 254 valence electrons. The summed E-state index contributed by atoms with van der Waals surface area (Å²) >= 11 is 0. The first-order chi connectivity index (χ1) is 27.2. The van der Waals surface area contributed by atoms with Gasteiger partial charge in [0, 0.05) is 54.8 Å². The molecule has 0 saturated heterocycles. The molecule has 3 aromatic heterocycles. The maximum absolute atomic E-state index is 10.5. The first-order valence-corrected chi connectivity index (χ1v) is 18.3. The number of nitrogens with zero attached hydrogens (tertiary/aromatic N) is 5. The van der Waals surface area contributed by atoms with Crippen LogP contribution in [0.5, 0.6) is 0 Å². The molecule has 0 aliphatic heterocycles. The Morgan fingerprint density at radius 1 is 0.327 bits per heavy atom. The number of fused-ring (bicyclic) bond motifs is 9.